The van der Waals surface area contributed by atoms with Gasteiger partial charge in [0.2, 0.25) is 5.91 Å². The molecule has 1 N–H and O–H groups in total. The largest absolute Gasteiger partial charge is 0.335 e. The highest BCUT2D eigenvalue weighted by atomic mass is 32.1. The lowest BCUT2D eigenvalue weighted by molar-refractivity contribution is -0.138. The molecule has 1 aromatic rings. The molecule has 1 saturated heterocycles. The lowest BCUT2D eigenvalue weighted by Gasteiger charge is -2.30. The number of hydrogen-bond donors (Lipinski definition) is 1. The molecule has 2 rings (SSSR count). The van der Waals surface area contributed by atoms with E-state index in [2.05, 4.69) is 37.5 Å². The number of hydrogen-bond acceptors (Lipinski definition) is 3. The quantitative estimate of drug-likeness (QED) is 0.908. The Hall–Kier alpha value is -0.870. The third-order valence-electron chi connectivity index (χ3n) is 3.66. The van der Waals surface area contributed by atoms with Crippen LogP contribution in [0.5, 0.6) is 0 Å². The predicted octanol–water partition coefficient (Wildman–Crippen LogP) is 2.48. The van der Waals surface area contributed by atoms with Crippen molar-refractivity contribution < 1.29 is 4.79 Å². The van der Waals surface area contributed by atoms with Crippen LogP contribution < -0.4 is 5.32 Å². The summed E-state index contributed by atoms with van der Waals surface area (Å²) in [5.41, 5.74) is 0. The van der Waals surface area contributed by atoms with Crippen molar-refractivity contribution in [1.82, 2.24) is 10.2 Å². The van der Waals surface area contributed by atoms with Crippen molar-refractivity contribution in [2.75, 3.05) is 6.54 Å². The van der Waals surface area contributed by atoms with Crippen LogP contribution in [-0.4, -0.2) is 29.4 Å². The fourth-order valence-electron chi connectivity index (χ4n) is 2.49. The Morgan fingerprint density at radius 1 is 1.61 bits per heavy atom. The highest BCUT2D eigenvalue weighted by Gasteiger charge is 2.33. The minimum Gasteiger partial charge on any atom is -0.335 e. The Morgan fingerprint density at radius 2 is 2.39 bits per heavy atom. The number of nitrogens with one attached hydrogen (secondary N) is 1. The minimum absolute atomic E-state index is 0.146. The van der Waals surface area contributed by atoms with Gasteiger partial charge in [-0.2, -0.15) is 0 Å². The summed E-state index contributed by atoms with van der Waals surface area (Å²) < 4.78 is 0. The first-order chi connectivity index (χ1) is 8.59. The zero-order valence-electron chi connectivity index (χ0n) is 11.3. The molecule has 2 atom stereocenters. The summed E-state index contributed by atoms with van der Waals surface area (Å²) in [6, 6.07) is 4.71. The lowest BCUT2D eigenvalue weighted by atomic mass is 9.99. The SMILES string of the molecule is CC1NCCC1C(=O)N(Cc1cccs1)C(C)C. The monoisotopic (exact) mass is 266 g/mol. The topological polar surface area (TPSA) is 32.3 Å². The van der Waals surface area contributed by atoms with Crippen LogP contribution in [0.2, 0.25) is 0 Å². The number of nitrogens with zero attached hydrogens (tertiary/aromatic N) is 1. The van der Waals surface area contributed by atoms with Gasteiger partial charge in [0.15, 0.2) is 0 Å². The van der Waals surface area contributed by atoms with Crippen LogP contribution in [0.4, 0.5) is 0 Å². The number of carbonyl (C=O) groups excluding carboxylic acids is 1. The van der Waals surface area contributed by atoms with E-state index in [1.54, 1.807) is 11.3 Å². The molecule has 2 heterocycles. The van der Waals surface area contributed by atoms with Crippen LogP contribution in [0.1, 0.15) is 32.1 Å². The minimum atomic E-state index is 0.146. The van der Waals surface area contributed by atoms with Crippen molar-refractivity contribution in [3.05, 3.63) is 22.4 Å². The Labute approximate surface area is 113 Å². The van der Waals surface area contributed by atoms with Crippen LogP contribution >= 0.6 is 11.3 Å². The summed E-state index contributed by atoms with van der Waals surface area (Å²) >= 11 is 1.72. The van der Waals surface area contributed by atoms with Crippen molar-refractivity contribution in [2.45, 2.75) is 45.8 Å². The van der Waals surface area contributed by atoms with Crippen molar-refractivity contribution >= 4 is 17.2 Å². The van der Waals surface area contributed by atoms with E-state index >= 15 is 0 Å². The summed E-state index contributed by atoms with van der Waals surface area (Å²) in [4.78, 5) is 15.9. The molecule has 1 aliphatic rings. The van der Waals surface area contributed by atoms with E-state index in [0.29, 0.717) is 11.9 Å². The average Bonchev–Trinajstić information content (AvgIpc) is 2.95. The summed E-state index contributed by atoms with van der Waals surface area (Å²) in [5, 5.41) is 5.43. The molecule has 1 fully saturated rings. The van der Waals surface area contributed by atoms with Gasteiger partial charge in [0, 0.05) is 17.0 Å². The number of amides is 1. The van der Waals surface area contributed by atoms with E-state index < -0.39 is 0 Å². The molecule has 100 valence electrons. The molecule has 0 aliphatic carbocycles. The van der Waals surface area contributed by atoms with Crippen LogP contribution in [0.25, 0.3) is 0 Å². The third-order valence-corrected chi connectivity index (χ3v) is 4.52. The second-order valence-corrected chi connectivity index (χ2v) is 6.31. The molecule has 0 bridgehead atoms. The lowest BCUT2D eigenvalue weighted by Crippen LogP contribution is -2.43. The maximum absolute atomic E-state index is 12.6. The van der Waals surface area contributed by atoms with Crippen LogP contribution in [0.3, 0.4) is 0 Å². The summed E-state index contributed by atoms with van der Waals surface area (Å²) in [7, 11) is 0. The zero-order chi connectivity index (χ0) is 13.1. The fraction of sp³-hybridized carbons (Fsp3) is 0.643. The number of carbonyl (C=O) groups is 1. The van der Waals surface area contributed by atoms with Gasteiger partial charge in [-0.1, -0.05) is 6.07 Å². The molecule has 1 aliphatic heterocycles. The van der Waals surface area contributed by atoms with Crippen LogP contribution in [-0.2, 0) is 11.3 Å². The maximum Gasteiger partial charge on any atom is 0.227 e. The van der Waals surface area contributed by atoms with Gasteiger partial charge in [0.25, 0.3) is 0 Å². The molecular weight excluding hydrogens is 244 g/mol. The van der Waals surface area contributed by atoms with Gasteiger partial charge >= 0.3 is 0 Å². The van der Waals surface area contributed by atoms with E-state index in [0.717, 1.165) is 19.5 Å². The highest BCUT2D eigenvalue weighted by molar-refractivity contribution is 7.09. The molecule has 4 heteroatoms. The van der Waals surface area contributed by atoms with Gasteiger partial charge in [0.1, 0.15) is 0 Å². The number of rotatable bonds is 4. The Bertz CT molecular complexity index is 389. The molecule has 0 spiro atoms. The van der Waals surface area contributed by atoms with Gasteiger partial charge in [0.05, 0.1) is 12.5 Å². The van der Waals surface area contributed by atoms with E-state index in [-0.39, 0.29) is 12.0 Å². The van der Waals surface area contributed by atoms with Crippen molar-refractivity contribution in [3.8, 4) is 0 Å². The molecule has 0 saturated carbocycles. The Balaban J connectivity index is 2.07. The van der Waals surface area contributed by atoms with E-state index in [9.17, 15) is 4.79 Å². The van der Waals surface area contributed by atoms with Gasteiger partial charge in [-0.05, 0) is 45.2 Å². The van der Waals surface area contributed by atoms with Crippen LogP contribution in [0.15, 0.2) is 17.5 Å². The normalized spacial score (nSPS) is 23.6. The first-order valence-electron chi connectivity index (χ1n) is 6.66. The molecule has 1 amide bonds. The molecule has 1 aromatic heterocycles. The molecule has 0 aromatic carbocycles. The predicted molar refractivity (Wildman–Crippen MR) is 75.6 cm³/mol. The second kappa shape index (κ2) is 5.85. The standard InChI is InChI=1S/C14H22N2OS/c1-10(2)16(9-12-5-4-8-18-12)14(17)13-6-7-15-11(13)3/h4-5,8,10-11,13,15H,6-7,9H2,1-3H3. The van der Waals surface area contributed by atoms with Gasteiger partial charge in [-0.15, -0.1) is 11.3 Å². The maximum atomic E-state index is 12.6. The summed E-state index contributed by atoms with van der Waals surface area (Å²) in [6.07, 6.45) is 0.966. The molecule has 0 radical (unpaired) electrons. The van der Waals surface area contributed by atoms with Crippen LogP contribution in [0, 0.1) is 5.92 Å². The molecule has 18 heavy (non-hydrogen) atoms. The van der Waals surface area contributed by atoms with Gasteiger partial charge < -0.3 is 10.2 Å². The fourth-order valence-corrected chi connectivity index (χ4v) is 3.20. The summed E-state index contributed by atoms with van der Waals surface area (Å²) in [6.45, 7) is 8.01. The molecule has 2 unspecified atom stereocenters. The zero-order valence-corrected chi connectivity index (χ0v) is 12.2. The van der Waals surface area contributed by atoms with E-state index in [1.165, 1.54) is 4.88 Å². The van der Waals surface area contributed by atoms with Crippen molar-refractivity contribution in [1.29, 1.82) is 0 Å². The van der Waals surface area contributed by atoms with Gasteiger partial charge in [-0.3, -0.25) is 4.79 Å². The Kier molecular flexibility index (Phi) is 4.40. The molecule has 3 nitrogen and oxygen atoms in total. The summed E-state index contributed by atoms with van der Waals surface area (Å²) in [5.74, 6) is 0.447. The Morgan fingerprint density at radius 3 is 2.89 bits per heavy atom. The molecular formula is C14H22N2OS. The van der Waals surface area contributed by atoms with E-state index in [1.807, 2.05) is 11.0 Å². The first-order valence-corrected chi connectivity index (χ1v) is 7.54. The first kappa shape index (κ1) is 13.6. The van der Waals surface area contributed by atoms with Crippen molar-refractivity contribution in [3.63, 3.8) is 0 Å². The van der Waals surface area contributed by atoms with E-state index in [4.69, 9.17) is 0 Å². The highest BCUT2D eigenvalue weighted by Crippen LogP contribution is 2.22. The van der Waals surface area contributed by atoms with Crippen molar-refractivity contribution in [2.24, 2.45) is 5.92 Å². The smallest absolute Gasteiger partial charge is 0.227 e. The second-order valence-electron chi connectivity index (χ2n) is 5.28. The van der Waals surface area contributed by atoms with Gasteiger partial charge in [-0.25, -0.2) is 0 Å². The third kappa shape index (κ3) is 2.93. The number of thiophene rings is 1. The average molecular weight is 266 g/mol.